The number of anilines is 1. The lowest BCUT2D eigenvalue weighted by molar-refractivity contribution is -0.137. The van der Waals surface area contributed by atoms with Crippen molar-refractivity contribution in [1.82, 2.24) is 24.1 Å². The van der Waals surface area contributed by atoms with E-state index in [1.165, 1.54) is 10.9 Å². The number of aliphatic hydroxyl groups is 1. The Morgan fingerprint density at radius 2 is 2.00 bits per heavy atom. The third-order valence-corrected chi connectivity index (χ3v) is 10.3. The molecule has 7 rings (SSSR count). The molecule has 1 aromatic carbocycles. The predicted molar refractivity (Wildman–Crippen MR) is 178 cm³/mol. The van der Waals surface area contributed by atoms with Gasteiger partial charge in [0.2, 0.25) is 11.7 Å². The lowest BCUT2D eigenvalue weighted by atomic mass is 9.76. The number of fused-ring (bicyclic) bond motifs is 3. The number of alkyl halides is 3. The second-order valence-corrected chi connectivity index (χ2v) is 13.5. The zero-order valence-electron chi connectivity index (χ0n) is 27.0. The molecule has 13 nitrogen and oxygen atoms in total. The van der Waals surface area contributed by atoms with E-state index < -0.39 is 35.2 Å². The number of hydrogen-bond donors (Lipinski definition) is 2. The Balaban J connectivity index is 1.24. The van der Waals surface area contributed by atoms with Gasteiger partial charge in [0.25, 0.3) is 11.5 Å². The van der Waals surface area contributed by atoms with E-state index in [1.54, 1.807) is 16.4 Å². The molecule has 4 aliphatic rings. The Hall–Kier alpha value is -4.41. The van der Waals surface area contributed by atoms with Crippen LogP contribution in [0, 0.1) is 0 Å². The molecule has 0 radical (unpaired) electrons. The van der Waals surface area contributed by atoms with Crippen molar-refractivity contribution < 1.29 is 32.6 Å². The van der Waals surface area contributed by atoms with Gasteiger partial charge >= 0.3 is 6.18 Å². The number of aliphatic imine (C=N–C) groups is 2. The first-order valence-corrected chi connectivity index (χ1v) is 16.8. The maximum absolute atomic E-state index is 14.4. The number of nitrogens with zero attached hydrogens (tertiary/aromatic N) is 7. The number of rotatable bonds is 5. The smallest absolute Gasteiger partial charge is 0.384 e. The topological polar surface area (TPSA) is 156 Å². The minimum Gasteiger partial charge on any atom is -0.384 e. The van der Waals surface area contributed by atoms with Crippen LogP contribution in [0.25, 0.3) is 11.4 Å². The van der Waals surface area contributed by atoms with Crippen LogP contribution >= 0.6 is 11.6 Å². The van der Waals surface area contributed by atoms with Crippen LogP contribution in [-0.2, 0) is 38.9 Å². The predicted octanol–water partition coefficient (Wildman–Crippen LogP) is 3.43. The van der Waals surface area contributed by atoms with Crippen LogP contribution in [0.5, 0.6) is 0 Å². The van der Waals surface area contributed by atoms with E-state index in [-0.39, 0.29) is 40.2 Å². The number of hydrogen-bond acceptors (Lipinski definition) is 9. The molecule has 1 saturated heterocycles. The highest BCUT2D eigenvalue weighted by atomic mass is 35.5. The minimum absolute atomic E-state index is 0.00578. The summed E-state index contributed by atoms with van der Waals surface area (Å²) in [6, 6.07) is 2.19. The summed E-state index contributed by atoms with van der Waals surface area (Å²) in [5.41, 5.74) is 0.0502. The van der Waals surface area contributed by atoms with Crippen molar-refractivity contribution in [2.45, 2.75) is 75.7 Å². The van der Waals surface area contributed by atoms with E-state index in [4.69, 9.17) is 21.3 Å². The molecule has 1 aliphatic carbocycles. The first kappa shape index (κ1) is 34.1. The normalized spacial score (nSPS) is 23.8. The van der Waals surface area contributed by atoms with E-state index in [0.717, 1.165) is 23.8 Å². The van der Waals surface area contributed by atoms with Gasteiger partial charge in [0.05, 0.1) is 35.5 Å². The Morgan fingerprint density at radius 1 is 1.18 bits per heavy atom. The molecule has 3 aliphatic heterocycles. The monoisotopic (exact) mass is 714 g/mol. The highest BCUT2D eigenvalue weighted by Crippen LogP contribution is 2.45. The van der Waals surface area contributed by atoms with Gasteiger partial charge in [-0.2, -0.15) is 22.7 Å². The molecule has 264 valence electrons. The minimum atomic E-state index is -4.60. The van der Waals surface area contributed by atoms with Crippen molar-refractivity contribution in [2.75, 3.05) is 31.6 Å². The molecule has 50 heavy (non-hydrogen) atoms. The molecule has 2 aromatic heterocycles. The first-order valence-electron chi connectivity index (χ1n) is 16.4. The Kier molecular flexibility index (Phi) is 8.89. The molecule has 2 N–H and O–H groups in total. The van der Waals surface area contributed by atoms with Crippen LogP contribution < -0.4 is 10.9 Å². The number of carbonyl (C=O) groups excluding carboxylic acids is 2. The zero-order valence-corrected chi connectivity index (χ0v) is 27.8. The molecule has 3 atom stereocenters. The molecule has 3 aromatic rings. The Bertz CT molecular complexity index is 2040. The van der Waals surface area contributed by atoms with Gasteiger partial charge in [0.15, 0.2) is 5.82 Å². The third kappa shape index (κ3) is 6.13. The van der Waals surface area contributed by atoms with Gasteiger partial charge in [-0.05, 0) is 69.2 Å². The van der Waals surface area contributed by atoms with Gasteiger partial charge in [0, 0.05) is 29.8 Å². The van der Waals surface area contributed by atoms with E-state index in [2.05, 4.69) is 20.4 Å². The fourth-order valence-electron chi connectivity index (χ4n) is 7.36. The maximum atomic E-state index is 14.4. The number of halogens is 4. The van der Waals surface area contributed by atoms with E-state index >= 15 is 0 Å². The first-order chi connectivity index (χ1) is 23.9. The number of benzene rings is 1. The number of carbonyl (C=O) groups is 2. The van der Waals surface area contributed by atoms with Gasteiger partial charge < -0.3 is 24.6 Å². The van der Waals surface area contributed by atoms with Gasteiger partial charge in [-0.1, -0.05) is 17.7 Å². The van der Waals surface area contributed by atoms with Gasteiger partial charge in [-0.25, -0.2) is 4.99 Å². The molecule has 1 fully saturated rings. The number of aliphatic hydroxyl groups excluding tert-OH is 1. The molecular weight excluding hydrogens is 681 g/mol. The second-order valence-electron chi connectivity index (χ2n) is 13.0. The summed E-state index contributed by atoms with van der Waals surface area (Å²) in [5, 5.41) is 17.5. The fraction of sp³-hybridized carbons (Fsp3) is 0.485. The van der Waals surface area contributed by atoms with Crippen LogP contribution in [0.4, 0.5) is 18.9 Å². The summed E-state index contributed by atoms with van der Waals surface area (Å²) in [4.78, 5) is 55.9. The van der Waals surface area contributed by atoms with Gasteiger partial charge in [-0.15, -0.1) is 5.10 Å². The molecule has 2 amide bonds. The standard InChI is InChI=1S/C33H34ClF3N8O5/c1-18-27(47)26(39-17-38-18)30(49)43-11-2-8-32(10-12-43)9-5-23-25(32)29(48)45-31(41-28(42-45)19-6-13-50-14-7-19)44(23)16-24(46)40-22-4-3-20(15-21(22)34)33(35,36)37/h3-4,6,15,17-18,27,47H,2,5,7-14,16H2,1H3,(H,40,46). The molecular formula is C33H34ClF3N8O5. The van der Waals surface area contributed by atoms with E-state index in [0.29, 0.717) is 81.9 Å². The largest absolute Gasteiger partial charge is 0.416 e. The highest BCUT2D eigenvalue weighted by Gasteiger charge is 2.45. The average molecular weight is 715 g/mol. The quantitative estimate of drug-likeness (QED) is 0.410. The lowest BCUT2D eigenvalue weighted by Gasteiger charge is -2.29. The van der Waals surface area contributed by atoms with Crippen LogP contribution in [-0.4, -0.2) is 91.5 Å². The van der Waals surface area contributed by atoms with E-state index in [1.807, 2.05) is 6.08 Å². The number of ether oxygens (including phenoxy) is 1. The summed E-state index contributed by atoms with van der Waals surface area (Å²) in [6.45, 7) is 2.94. The molecule has 0 bridgehead atoms. The van der Waals surface area contributed by atoms with Crippen molar-refractivity contribution in [2.24, 2.45) is 9.98 Å². The molecule has 0 saturated carbocycles. The summed E-state index contributed by atoms with van der Waals surface area (Å²) in [6.07, 6.45) is 0.612. The van der Waals surface area contributed by atoms with E-state index in [9.17, 15) is 32.7 Å². The highest BCUT2D eigenvalue weighted by molar-refractivity contribution is 6.42. The van der Waals surface area contributed by atoms with Crippen molar-refractivity contribution in [3.8, 4) is 0 Å². The number of amides is 2. The number of aromatic nitrogens is 4. The molecule has 5 heterocycles. The number of nitrogens with one attached hydrogen (secondary N) is 1. The average Bonchev–Trinajstić information content (AvgIpc) is 3.63. The fourth-order valence-corrected chi connectivity index (χ4v) is 7.59. The zero-order chi connectivity index (χ0) is 35.4. The SMILES string of the molecule is CC1N=CN=C(C(=O)N2CCCC3(CCc4c3c(=O)n3nc(C5=CCOCC5)nc3n4CC(=O)Nc3ccc(C(F)(F)F)cc3Cl)CC2)C1O. The van der Waals surface area contributed by atoms with Crippen molar-refractivity contribution in [1.29, 1.82) is 0 Å². The van der Waals surface area contributed by atoms with Crippen molar-refractivity contribution >= 4 is 52.5 Å². The van der Waals surface area contributed by atoms with Gasteiger partial charge in [0.1, 0.15) is 24.7 Å². The number of likely N-dealkylation sites (tertiary alicyclic amines) is 1. The second kappa shape index (κ2) is 13.0. The third-order valence-electron chi connectivity index (χ3n) is 10.0. The van der Waals surface area contributed by atoms with Crippen LogP contribution in [0.3, 0.4) is 0 Å². The Morgan fingerprint density at radius 3 is 2.74 bits per heavy atom. The molecule has 3 unspecified atom stereocenters. The maximum Gasteiger partial charge on any atom is 0.416 e. The Labute approximate surface area is 288 Å². The summed E-state index contributed by atoms with van der Waals surface area (Å²) in [7, 11) is 0. The molecule has 17 heteroatoms. The van der Waals surface area contributed by atoms with Crippen LogP contribution in [0.1, 0.15) is 61.7 Å². The van der Waals surface area contributed by atoms with Crippen molar-refractivity contribution in [3.05, 3.63) is 62.3 Å². The summed E-state index contributed by atoms with van der Waals surface area (Å²) >= 11 is 6.13. The molecule has 1 spiro atoms. The van der Waals surface area contributed by atoms with Crippen LogP contribution in [0.15, 0.2) is 39.1 Å². The summed E-state index contributed by atoms with van der Waals surface area (Å²) < 4.78 is 47.9. The van der Waals surface area contributed by atoms with Crippen LogP contribution in [0.2, 0.25) is 5.02 Å². The lowest BCUT2D eigenvalue weighted by Crippen LogP contribution is -2.46. The van der Waals surface area contributed by atoms with Gasteiger partial charge in [-0.3, -0.25) is 19.4 Å². The summed E-state index contributed by atoms with van der Waals surface area (Å²) in [5.74, 6) is -0.460. The van der Waals surface area contributed by atoms with Crippen molar-refractivity contribution in [3.63, 3.8) is 0 Å².